The van der Waals surface area contributed by atoms with Gasteiger partial charge >= 0.3 is 0 Å². The van der Waals surface area contributed by atoms with Gasteiger partial charge < -0.3 is 4.90 Å². The third-order valence-corrected chi connectivity index (χ3v) is 4.65. The standard InChI is InChI=1S/C11H20BrNOS/c1-2-10-9-13(7-8-15-10)11(14)5-3-4-6-12/h10H,2-9H2,1H3. The van der Waals surface area contributed by atoms with Crippen LogP contribution in [0.2, 0.25) is 0 Å². The van der Waals surface area contributed by atoms with E-state index in [2.05, 4.69) is 27.8 Å². The smallest absolute Gasteiger partial charge is 0.222 e. The highest BCUT2D eigenvalue weighted by molar-refractivity contribution is 9.09. The van der Waals surface area contributed by atoms with Gasteiger partial charge in [-0.05, 0) is 19.3 Å². The zero-order valence-electron chi connectivity index (χ0n) is 9.38. The number of alkyl halides is 1. The summed E-state index contributed by atoms with van der Waals surface area (Å²) in [6.07, 6.45) is 4.03. The molecule has 0 aromatic rings. The average molecular weight is 294 g/mol. The largest absolute Gasteiger partial charge is 0.341 e. The Labute approximate surface area is 105 Å². The summed E-state index contributed by atoms with van der Waals surface area (Å²) in [5.74, 6) is 1.47. The fraction of sp³-hybridized carbons (Fsp3) is 0.909. The summed E-state index contributed by atoms with van der Waals surface area (Å²) < 4.78 is 0. The highest BCUT2D eigenvalue weighted by Gasteiger charge is 2.22. The van der Waals surface area contributed by atoms with Gasteiger partial charge in [0.1, 0.15) is 0 Å². The quantitative estimate of drug-likeness (QED) is 0.574. The predicted molar refractivity (Wildman–Crippen MR) is 70.8 cm³/mol. The summed E-state index contributed by atoms with van der Waals surface area (Å²) in [4.78, 5) is 13.9. The Morgan fingerprint density at radius 1 is 1.53 bits per heavy atom. The van der Waals surface area contributed by atoms with Gasteiger partial charge in [-0.15, -0.1) is 0 Å². The summed E-state index contributed by atoms with van der Waals surface area (Å²) in [7, 11) is 0. The summed E-state index contributed by atoms with van der Waals surface area (Å²) in [6.45, 7) is 4.12. The molecule has 1 aliphatic heterocycles. The molecule has 88 valence electrons. The number of carbonyl (C=O) groups excluding carboxylic acids is 1. The second-order valence-corrected chi connectivity index (χ2v) is 6.09. The maximum atomic E-state index is 11.8. The first kappa shape index (κ1) is 13.4. The highest BCUT2D eigenvalue weighted by Crippen LogP contribution is 2.21. The minimum atomic E-state index is 0.356. The molecular formula is C11H20BrNOS. The Morgan fingerprint density at radius 2 is 2.33 bits per heavy atom. The molecule has 0 radical (unpaired) electrons. The topological polar surface area (TPSA) is 20.3 Å². The molecular weight excluding hydrogens is 274 g/mol. The van der Waals surface area contributed by atoms with E-state index in [4.69, 9.17) is 0 Å². The van der Waals surface area contributed by atoms with Crippen molar-refractivity contribution in [2.75, 3.05) is 24.2 Å². The van der Waals surface area contributed by atoms with Crippen LogP contribution >= 0.6 is 27.7 Å². The first-order valence-corrected chi connectivity index (χ1v) is 7.90. The molecule has 1 rings (SSSR count). The molecule has 0 bridgehead atoms. The Balaban J connectivity index is 2.25. The van der Waals surface area contributed by atoms with Crippen LogP contribution in [0, 0.1) is 0 Å². The lowest BCUT2D eigenvalue weighted by Gasteiger charge is -2.32. The normalized spacial score (nSPS) is 21.7. The molecule has 0 aliphatic carbocycles. The van der Waals surface area contributed by atoms with Crippen molar-refractivity contribution in [3.05, 3.63) is 0 Å². The summed E-state index contributed by atoms with van der Waals surface area (Å²) >= 11 is 5.40. The zero-order valence-corrected chi connectivity index (χ0v) is 11.8. The van der Waals surface area contributed by atoms with Gasteiger partial charge in [0.05, 0.1) is 0 Å². The van der Waals surface area contributed by atoms with Gasteiger partial charge in [0.25, 0.3) is 0 Å². The number of halogens is 1. The number of hydrogen-bond acceptors (Lipinski definition) is 2. The molecule has 15 heavy (non-hydrogen) atoms. The summed E-state index contributed by atoms with van der Waals surface area (Å²) in [5, 5.41) is 1.67. The third-order valence-electron chi connectivity index (χ3n) is 2.72. The molecule has 0 aromatic carbocycles. The van der Waals surface area contributed by atoms with E-state index in [9.17, 15) is 4.79 Å². The lowest BCUT2D eigenvalue weighted by molar-refractivity contribution is -0.131. The Morgan fingerprint density at radius 3 is 3.00 bits per heavy atom. The summed E-state index contributed by atoms with van der Waals surface area (Å²) in [5.41, 5.74) is 0. The first-order valence-electron chi connectivity index (χ1n) is 5.73. The Hall–Kier alpha value is 0.300. The first-order chi connectivity index (χ1) is 7.27. The Bertz CT molecular complexity index is 201. The molecule has 1 saturated heterocycles. The molecule has 0 N–H and O–H groups in total. The van der Waals surface area contributed by atoms with Gasteiger partial charge in [-0.1, -0.05) is 22.9 Å². The van der Waals surface area contributed by atoms with Gasteiger partial charge in [-0.25, -0.2) is 0 Å². The molecule has 0 aromatic heterocycles. The minimum Gasteiger partial charge on any atom is -0.341 e. The molecule has 2 nitrogen and oxygen atoms in total. The van der Waals surface area contributed by atoms with Crippen molar-refractivity contribution in [3.63, 3.8) is 0 Å². The fourth-order valence-electron chi connectivity index (χ4n) is 1.72. The predicted octanol–water partition coefficient (Wildman–Crippen LogP) is 2.91. The van der Waals surface area contributed by atoms with Crippen LogP contribution in [0.3, 0.4) is 0 Å². The second-order valence-electron chi connectivity index (χ2n) is 3.89. The molecule has 1 aliphatic rings. The lowest BCUT2D eigenvalue weighted by Crippen LogP contribution is -2.41. The van der Waals surface area contributed by atoms with E-state index in [0.717, 1.165) is 43.4 Å². The number of rotatable bonds is 5. The molecule has 1 fully saturated rings. The van der Waals surface area contributed by atoms with Crippen molar-refractivity contribution >= 4 is 33.6 Å². The van der Waals surface area contributed by atoms with Gasteiger partial charge in [0.15, 0.2) is 0 Å². The van der Waals surface area contributed by atoms with Crippen LogP contribution in [-0.2, 0) is 4.79 Å². The molecule has 1 heterocycles. The fourth-order valence-corrected chi connectivity index (χ4v) is 3.30. The van der Waals surface area contributed by atoms with Gasteiger partial charge in [0, 0.05) is 35.8 Å². The van der Waals surface area contributed by atoms with Crippen molar-refractivity contribution in [3.8, 4) is 0 Å². The van der Waals surface area contributed by atoms with Crippen LogP contribution in [0.1, 0.15) is 32.6 Å². The number of thioether (sulfide) groups is 1. The van der Waals surface area contributed by atoms with Crippen LogP contribution < -0.4 is 0 Å². The van der Waals surface area contributed by atoms with E-state index in [0.29, 0.717) is 11.2 Å². The zero-order chi connectivity index (χ0) is 11.1. The van der Waals surface area contributed by atoms with E-state index >= 15 is 0 Å². The van der Waals surface area contributed by atoms with Gasteiger partial charge in [-0.2, -0.15) is 11.8 Å². The van der Waals surface area contributed by atoms with E-state index in [1.165, 1.54) is 6.42 Å². The summed E-state index contributed by atoms with van der Waals surface area (Å²) in [6, 6.07) is 0. The SMILES string of the molecule is CCC1CN(C(=O)CCCCBr)CCS1. The van der Waals surface area contributed by atoms with Crippen LogP contribution in [0.15, 0.2) is 0 Å². The van der Waals surface area contributed by atoms with Gasteiger partial charge in [0.2, 0.25) is 5.91 Å². The maximum Gasteiger partial charge on any atom is 0.222 e. The van der Waals surface area contributed by atoms with E-state index < -0.39 is 0 Å². The number of carbonyl (C=O) groups is 1. The molecule has 4 heteroatoms. The molecule has 1 amide bonds. The maximum absolute atomic E-state index is 11.8. The average Bonchev–Trinajstić information content (AvgIpc) is 2.29. The second kappa shape index (κ2) is 7.55. The molecule has 1 unspecified atom stereocenters. The van der Waals surface area contributed by atoms with Crippen LogP contribution in [0.5, 0.6) is 0 Å². The molecule has 1 atom stereocenters. The minimum absolute atomic E-state index is 0.356. The van der Waals surface area contributed by atoms with Crippen molar-refractivity contribution in [2.45, 2.75) is 37.9 Å². The van der Waals surface area contributed by atoms with E-state index in [-0.39, 0.29) is 0 Å². The number of amides is 1. The number of nitrogens with zero attached hydrogens (tertiary/aromatic N) is 1. The number of unbranched alkanes of at least 4 members (excludes halogenated alkanes) is 1. The van der Waals surface area contributed by atoms with Crippen molar-refractivity contribution in [1.29, 1.82) is 0 Å². The van der Waals surface area contributed by atoms with Crippen LogP contribution in [-0.4, -0.2) is 40.2 Å². The van der Waals surface area contributed by atoms with Crippen LogP contribution in [0.25, 0.3) is 0 Å². The number of hydrogen-bond donors (Lipinski definition) is 0. The lowest BCUT2D eigenvalue weighted by atomic mass is 10.2. The van der Waals surface area contributed by atoms with Crippen LogP contribution in [0.4, 0.5) is 0 Å². The monoisotopic (exact) mass is 293 g/mol. The van der Waals surface area contributed by atoms with Crippen molar-refractivity contribution in [2.24, 2.45) is 0 Å². The van der Waals surface area contributed by atoms with Gasteiger partial charge in [-0.3, -0.25) is 4.79 Å². The molecule has 0 spiro atoms. The Kier molecular flexibility index (Phi) is 6.73. The van der Waals surface area contributed by atoms with E-state index in [1.54, 1.807) is 0 Å². The van der Waals surface area contributed by atoms with E-state index in [1.807, 2.05) is 11.8 Å². The van der Waals surface area contributed by atoms with Crippen molar-refractivity contribution < 1.29 is 4.79 Å². The van der Waals surface area contributed by atoms with Crippen molar-refractivity contribution in [1.82, 2.24) is 4.90 Å². The third kappa shape index (κ3) is 4.77. The molecule has 0 saturated carbocycles. The highest BCUT2D eigenvalue weighted by atomic mass is 79.9.